The van der Waals surface area contributed by atoms with Gasteiger partial charge in [-0.25, -0.2) is 0 Å². The van der Waals surface area contributed by atoms with Crippen molar-refractivity contribution in [3.05, 3.63) is 0 Å². The van der Waals surface area contributed by atoms with Crippen molar-refractivity contribution in [3.8, 4) is 0 Å². The van der Waals surface area contributed by atoms with Crippen LogP contribution in [0, 0.1) is 0 Å². The number of carbonyl (C=O) groups excluding carboxylic acids is 1. The summed E-state index contributed by atoms with van der Waals surface area (Å²) in [6.07, 6.45) is 5.98. The SMILES string of the molecule is CSCC[C@@H](N)C(=O)OCC1CCCCO1. The third-order valence-electron chi connectivity index (χ3n) is 2.62. The highest BCUT2D eigenvalue weighted by Gasteiger charge is 2.19. The van der Waals surface area contributed by atoms with Crippen molar-refractivity contribution in [1.82, 2.24) is 0 Å². The van der Waals surface area contributed by atoms with Gasteiger partial charge in [0.2, 0.25) is 0 Å². The standard InChI is InChI=1S/C11H21NO3S/c1-16-7-5-10(12)11(13)15-8-9-4-2-3-6-14-9/h9-10H,2-8,12H2,1H3/t9?,10-/m1/s1. The lowest BCUT2D eigenvalue weighted by Crippen LogP contribution is -2.35. The van der Waals surface area contributed by atoms with Gasteiger partial charge in [0.25, 0.3) is 0 Å². The number of ether oxygens (including phenoxy) is 2. The van der Waals surface area contributed by atoms with E-state index < -0.39 is 6.04 Å². The molecule has 1 aliphatic rings. The second kappa shape index (κ2) is 7.92. The molecule has 0 aromatic heterocycles. The Morgan fingerprint density at radius 3 is 3.06 bits per heavy atom. The van der Waals surface area contributed by atoms with E-state index in [0.717, 1.165) is 31.6 Å². The first kappa shape index (κ1) is 13.8. The zero-order valence-electron chi connectivity index (χ0n) is 9.81. The maximum atomic E-state index is 11.5. The van der Waals surface area contributed by atoms with Gasteiger partial charge in [0.1, 0.15) is 12.6 Å². The molecule has 0 radical (unpaired) electrons. The summed E-state index contributed by atoms with van der Waals surface area (Å²) < 4.78 is 10.6. The van der Waals surface area contributed by atoms with Crippen LogP contribution < -0.4 is 5.73 Å². The predicted molar refractivity (Wildman–Crippen MR) is 65.5 cm³/mol. The zero-order valence-corrected chi connectivity index (χ0v) is 10.6. The van der Waals surface area contributed by atoms with E-state index in [1.807, 2.05) is 6.26 Å². The van der Waals surface area contributed by atoms with E-state index in [9.17, 15) is 4.79 Å². The molecule has 0 saturated carbocycles. The van der Waals surface area contributed by atoms with E-state index >= 15 is 0 Å². The molecule has 0 amide bonds. The molecule has 1 heterocycles. The van der Waals surface area contributed by atoms with Gasteiger partial charge in [-0.3, -0.25) is 4.79 Å². The van der Waals surface area contributed by atoms with E-state index in [-0.39, 0.29) is 12.1 Å². The van der Waals surface area contributed by atoms with Crippen LogP contribution in [0.3, 0.4) is 0 Å². The molecule has 4 nitrogen and oxygen atoms in total. The highest BCUT2D eigenvalue weighted by molar-refractivity contribution is 7.98. The van der Waals surface area contributed by atoms with Crippen molar-refractivity contribution in [3.63, 3.8) is 0 Å². The van der Waals surface area contributed by atoms with Crippen molar-refractivity contribution in [2.75, 3.05) is 25.2 Å². The molecule has 1 unspecified atom stereocenters. The number of hydrogen-bond acceptors (Lipinski definition) is 5. The summed E-state index contributed by atoms with van der Waals surface area (Å²) >= 11 is 1.68. The van der Waals surface area contributed by atoms with E-state index in [4.69, 9.17) is 15.2 Å². The summed E-state index contributed by atoms with van der Waals surface area (Å²) in [4.78, 5) is 11.5. The summed E-state index contributed by atoms with van der Waals surface area (Å²) in [6.45, 7) is 1.13. The fourth-order valence-corrected chi connectivity index (χ4v) is 2.07. The first-order chi connectivity index (χ1) is 7.74. The van der Waals surface area contributed by atoms with Gasteiger partial charge in [0.05, 0.1) is 6.10 Å². The third-order valence-corrected chi connectivity index (χ3v) is 3.27. The largest absolute Gasteiger partial charge is 0.462 e. The smallest absolute Gasteiger partial charge is 0.323 e. The van der Waals surface area contributed by atoms with Crippen molar-refractivity contribution < 1.29 is 14.3 Å². The number of carbonyl (C=O) groups is 1. The highest BCUT2D eigenvalue weighted by Crippen LogP contribution is 2.13. The first-order valence-electron chi connectivity index (χ1n) is 5.76. The quantitative estimate of drug-likeness (QED) is 0.714. The van der Waals surface area contributed by atoms with E-state index in [0.29, 0.717) is 13.0 Å². The molecular weight excluding hydrogens is 226 g/mol. The second-order valence-corrected chi connectivity index (χ2v) is 4.99. The Morgan fingerprint density at radius 1 is 1.62 bits per heavy atom. The Bertz CT molecular complexity index is 207. The van der Waals surface area contributed by atoms with Gasteiger partial charge in [0, 0.05) is 6.61 Å². The maximum absolute atomic E-state index is 11.5. The molecule has 0 spiro atoms. The van der Waals surface area contributed by atoms with Gasteiger partial charge in [-0.15, -0.1) is 0 Å². The summed E-state index contributed by atoms with van der Waals surface area (Å²) in [5.41, 5.74) is 5.69. The Labute approximate surface area is 101 Å². The minimum Gasteiger partial charge on any atom is -0.462 e. The average Bonchev–Trinajstić information content (AvgIpc) is 2.34. The number of thioether (sulfide) groups is 1. The number of esters is 1. The van der Waals surface area contributed by atoms with Gasteiger partial charge in [-0.05, 0) is 37.7 Å². The van der Waals surface area contributed by atoms with Crippen LogP contribution in [0.5, 0.6) is 0 Å². The Kier molecular flexibility index (Phi) is 6.84. The van der Waals surface area contributed by atoms with Gasteiger partial charge >= 0.3 is 5.97 Å². The maximum Gasteiger partial charge on any atom is 0.323 e. The van der Waals surface area contributed by atoms with Gasteiger partial charge in [-0.2, -0.15) is 11.8 Å². The third kappa shape index (κ3) is 5.18. The van der Waals surface area contributed by atoms with Crippen molar-refractivity contribution in [2.24, 2.45) is 5.73 Å². The summed E-state index contributed by atoms with van der Waals surface area (Å²) in [7, 11) is 0. The Balaban J connectivity index is 2.12. The normalized spacial score (nSPS) is 22.8. The molecule has 2 atom stereocenters. The van der Waals surface area contributed by atoms with Crippen LogP contribution in [0.25, 0.3) is 0 Å². The molecule has 16 heavy (non-hydrogen) atoms. The molecule has 0 bridgehead atoms. The molecule has 1 fully saturated rings. The van der Waals surface area contributed by atoms with Crippen LogP contribution in [0.15, 0.2) is 0 Å². The summed E-state index contributed by atoms with van der Waals surface area (Å²) in [5.74, 6) is 0.583. The molecule has 0 aromatic rings. The van der Waals surface area contributed by atoms with Crippen LogP contribution in [-0.2, 0) is 14.3 Å². The van der Waals surface area contributed by atoms with E-state index in [1.54, 1.807) is 11.8 Å². The molecule has 0 aromatic carbocycles. The summed E-state index contributed by atoms with van der Waals surface area (Å²) in [5, 5.41) is 0. The molecule has 5 heteroatoms. The van der Waals surface area contributed by atoms with Crippen molar-refractivity contribution in [1.29, 1.82) is 0 Å². The Morgan fingerprint density at radius 2 is 2.44 bits per heavy atom. The predicted octanol–water partition coefficient (Wildman–Crippen LogP) is 1.18. The van der Waals surface area contributed by atoms with Crippen LogP contribution in [-0.4, -0.2) is 43.3 Å². The lowest BCUT2D eigenvalue weighted by Gasteiger charge is -2.22. The van der Waals surface area contributed by atoms with Crippen LogP contribution in [0.2, 0.25) is 0 Å². The van der Waals surface area contributed by atoms with E-state index in [2.05, 4.69) is 0 Å². The van der Waals surface area contributed by atoms with Crippen molar-refractivity contribution >= 4 is 17.7 Å². The Hall–Kier alpha value is -0.260. The second-order valence-electron chi connectivity index (χ2n) is 4.01. The van der Waals surface area contributed by atoms with Crippen LogP contribution >= 0.6 is 11.8 Å². The molecule has 0 aliphatic carbocycles. The molecule has 94 valence electrons. The van der Waals surface area contributed by atoms with Crippen LogP contribution in [0.4, 0.5) is 0 Å². The fourth-order valence-electron chi connectivity index (χ4n) is 1.58. The molecule has 1 aliphatic heterocycles. The monoisotopic (exact) mass is 247 g/mol. The highest BCUT2D eigenvalue weighted by atomic mass is 32.2. The average molecular weight is 247 g/mol. The lowest BCUT2D eigenvalue weighted by molar-refractivity contribution is -0.150. The number of rotatable bonds is 6. The topological polar surface area (TPSA) is 61.6 Å². The molecule has 2 N–H and O–H groups in total. The minimum absolute atomic E-state index is 0.0745. The van der Waals surface area contributed by atoms with Crippen LogP contribution in [0.1, 0.15) is 25.7 Å². The first-order valence-corrected chi connectivity index (χ1v) is 7.16. The summed E-state index contributed by atoms with van der Waals surface area (Å²) in [6, 6.07) is -0.490. The van der Waals surface area contributed by atoms with Gasteiger partial charge in [0.15, 0.2) is 0 Å². The van der Waals surface area contributed by atoms with Gasteiger partial charge < -0.3 is 15.2 Å². The fraction of sp³-hybridized carbons (Fsp3) is 0.909. The molecular formula is C11H21NO3S. The lowest BCUT2D eigenvalue weighted by atomic mass is 10.1. The van der Waals surface area contributed by atoms with E-state index in [1.165, 1.54) is 0 Å². The number of nitrogens with two attached hydrogens (primary N) is 1. The van der Waals surface area contributed by atoms with Crippen molar-refractivity contribution in [2.45, 2.75) is 37.8 Å². The molecule has 1 rings (SSSR count). The van der Waals surface area contributed by atoms with Gasteiger partial charge in [-0.1, -0.05) is 0 Å². The zero-order chi connectivity index (χ0) is 11.8. The molecule has 1 saturated heterocycles. The minimum atomic E-state index is -0.490. The number of hydrogen-bond donors (Lipinski definition) is 1.